The molecule has 8 nitrogen and oxygen atoms in total. The third-order valence-electron chi connectivity index (χ3n) is 4.72. The maximum absolute atomic E-state index is 13.1. The number of esters is 1. The second-order valence-electron chi connectivity index (χ2n) is 7.30. The Bertz CT molecular complexity index is 1340. The van der Waals surface area contributed by atoms with E-state index in [9.17, 15) is 14.4 Å². The van der Waals surface area contributed by atoms with E-state index in [0.29, 0.717) is 25.8 Å². The van der Waals surface area contributed by atoms with Crippen molar-refractivity contribution in [2.24, 2.45) is 0 Å². The van der Waals surface area contributed by atoms with Gasteiger partial charge in [-0.2, -0.15) is 0 Å². The Balaban J connectivity index is 1.64. The summed E-state index contributed by atoms with van der Waals surface area (Å²) in [7, 11) is 0. The molecule has 1 unspecified atom stereocenters. The number of nitrogens with one attached hydrogen (secondary N) is 1. The monoisotopic (exact) mass is 456 g/mol. The lowest BCUT2D eigenvalue weighted by Crippen LogP contribution is -2.31. The second-order valence-corrected chi connectivity index (χ2v) is 9.33. The Kier molecular flexibility index (Phi) is 5.59. The van der Waals surface area contributed by atoms with Crippen LogP contribution in [0.15, 0.2) is 35.4 Å². The molecule has 3 heterocycles. The maximum Gasteiger partial charge on any atom is 0.348 e. The number of amides is 1. The van der Waals surface area contributed by atoms with Crippen molar-refractivity contribution in [1.29, 1.82) is 0 Å². The topological polar surface area (TPSA) is 103 Å². The van der Waals surface area contributed by atoms with E-state index in [1.165, 1.54) is 22.2 Å². The first-order valence-corrected chi connectivity index (χ1v) is 11.3. The number of carbonyl (C=O) groups is 2. The highest BCUT2D eigenvalue weighted by Crippen LogP contribution is 2.29. The number of aromatic nitrogens is 3. The molecule has 4 rings (SSSR count). The lowest BCUT2D eigenvalue weighted by molar-refractivity contribution is -0.118. The van der Waals surface area contributed by atoms with Gasteiger partial charge in [-0.05, 0) is 45.4 Å². The zero-order valence-electron chi connectivity index (χ0n) is 17.3. The number of thiophene rings is 1. The highest BCUT2D eigenvalue weighted by atomic mass is 32.1. The molecule has 160 valence electrons. The summed E-state index contributed by atoms with van der Waals surface area (Å²) in [5.41, 5.74) is 0.927. The van der Waals surface area contributed by atoms with Crippen molar-refractivity contribution in [1.82, 2.24) is 14.5 Å². The number of hydrogen-bond donors (Lipinski definition) is 1. The number of rotatable bonds is 5. The Hall–Kier alpha value is -3.11. The van der Waals surface area contributed by atoms with Gasteiger partial charge in [0.05, 0.1) is 28.0 Å². The standard InChI is InChI=1S/C21H20N4O4S2/c1-10(2)29-20(28)16-11(3)15-18(31-16)22-9-25(19(15)27)12(4)17(26)24-21-23-13-7-5-6-8-14(13)30-21/h5-10,12H,1-4H3,(H,23,24,26). The van der Waals surface area contributed by atoms with Gasteiger partial charge in [-0.15, -0.1) is 11.3 Å². The lowest BCUT2D eigenvalue weighted by atomic mass is 10.2. The smallest absolute Gasteiger partial charge is 0.348 e. The van der Waals surface area contributed by atoms with Crippen molar-refractivity contribution in [3.63, 3.8) is 0 Å². The average Bonchev–Trinajstić information content (AvgIpc) is 3.28. The van der Waals surface area contributed by atoms with Gasteiger partial charge < -0.3 is 10.1 Å². The summed E-state index contributed by atoms with van der Waals surface area (Å²) in [6.45, 7) is 6.83. The van der Waals surface area contributed by atoms with E-state index in [-0.39, 0.29) is 17.6 Å². The van der Waals surface area contributed by atoms with Crippen LogP contribution in [0.3, 0.4) is 0 Å². The van der Waals surface area contributed by atoms with Gasteiger partial charge in [0.25, 0.3) is 5.56 Å². The normalized spacial score (nSPS) is 12.4. The van der Waals surface area contributed by atoms with Crippen LogP contribution in [0, 0.1) is 6.92 Å². The van der Waals surface area contributed by atoms with Crippen molar-refractivity contribution in [3.05, 3.63) is 51.4 Å². The number of carbonyl (C=O) groups excluding carboxylic acids is 2. The average molecular weight is 457 g/mol. The molecule has 0 fully saturated rings. The molecular weight excluding hydrogens is 436 g/mol. The molecule has 0 saturated carbocycles. The number of nitrogens with zero attached hydrogens (tertiary/aromatic N) is 3. The van der Waals surface area contributed by atoms with Gasteiger partial charge in [-0.25, -0.2) is 14.8 Å². The molecule has 1 aromatic carbocycles. The lowest BCUT2D eigenvalue weighted by Gasteiger charge is -2.13. The summed E-state index contributed by atoms with van der Waals surface area (Å²) in [6.07, 6.45) is 1.06. The fourth-order valence-electron chi connectivity index (χ4n) is 3.14. The molecule has 31 heavy (non-hydrogen) atoms. The van der Waals surface area contributed by atoms with Crippen molar-refractivity contribution in [2.45, 2.75) is 39.8 Å². The van der Waals surface area contributed by atoms with Crippen molar-refractivity contribution in [2.75, 3.05) is 5.32 Å². The minimum absolute atomic E-state index is 0.270. The first-order valence-electron chi connectivity index (χ1n) is 9.64. The molecule has 1 atom stereocenters. The predicted molar refractivity (Wildman–Crippen MR) is 122 cm³/mol. The molecule has 0 radical (unpaired) electrons. The van der Waals surface area contributed by atoms with Crippen molar-refractivity contribution >= 4 is 60.1 Å². The highest BCUT2D eigenvalue weighted by molar-refractivity contribution is 7.22. The molecule has 0 bridgehead atoms. The first kappa shape index (κ1) is 21.1. The van der Waals surface area contributed by atoms with Gasteiger partial charge in [0.15, 0.2) is 5.13 Å². The van der Waals surface area contributed by atoms with Gasteiger partial charge >= 0.3 is 5.97 Å². The van der Waals surface area contributed by atoms with Crippen LogP contribution in [0.1, 0.15) is 42.0 Å². The molecule has 0 spiro atoms. The Morgan fingerprint density at radius 3 is 2.61 bits per heavy atom. The summed E-state index contributed by atoms with van der Waals surface area (Å²) >= 11 is 2.48. The SMILES string of the molecule is Cc1c(C(=O)OC(C)C)sc2ncn(C(C)C(=O)Nc3nc4ccccc4s3)c(=O)c12. The number of aryl methyl sites for hydroxylation is 1. The Labute approximate surface area is 185 Å². The molecule has 0 aliphatic rings. The molecular formula is C21H20N4O4S2. The molecule has 0 saturated heterocycles. The van der Waals surface area contributed by atoms with Crippen molar-refractivity contribution < 1.29 is 14.3 Å². The second kappa shape index (κ2) is 8.20. The van der Waals surface area contributed by atoms with E-state index in [2.05, 4.69) is 15.3 Å². The van der Waals surface area contributed by atoms with Crippen LogP contribution in [0.4, 0.5) is 5.13 Å². The Morgan fingerprint density at radius 1 is 1.16 bits per heavy atom. The summed E-state index contributed by atoms with van der Waals surface area (Å²) < 4.78 is 7.48. The van der Waals surface area contributed by atoms with Crippen LogP contribution < -0.4 is 10.9 Å². The van der Waals surface area contributed by atoms with E-state index >= 15 is 0 Å². The number of fused-ring (bicyclic) bond motifs is 2. The number of thiazole rings is 1. The maximum atomic E-state index is 13.1. The number of anilines is 1. The van der Waals surface area contributed by atoms with E-state index in [4.69, 9.17) is 4.74 Å². The minimum atomic E-state index is -0.818. The summed E-state index contributed by atoms with van der Waals surface area (Å²) in [4.78, 5) is 47.8. The quantitative estimate of drug-likeness (QED) is 0.453. The third-order valence-corrected chi connectivity index (χ3v) is 6.86. The van der Waals surface area contributed by atoms with Gasteiger partial charge in [-0.3, -0.25) is 14.2 Å². The summed E-state index contributed by atoms with van der Waals surface area (Å²) in [5, 5.41) is 3.56. The van der Waals surface area contributed by atoms with Crippen LogP contribution in [-0.2, 0) is 9.53 Å². The molecule has 10 heteroatoms. The van der Waals surface area contributed by atoms with E-state index < -0.39 is 12.0 Å². The predicted octanol–water partition coefficient (Wildman–Crippen LogP) is 4.14. The van der Waals surface area contributed by atoms with Gasteiger partial charge in [-0.1, -0.05) is 23.5 Å². The Morgan fingerprint density at radius 2 is 1.90 bits per heavy atom. The number of benzene rings is 1. The zero-order chi connectivity index (χ0) is 22.3. The van der Waals surface area contributed by atoms with Gasteiger partial charge in [0, 0.05) is 0 Å². The molecule has 3 aromatic heterocycles. The van der Waals surface area contributed by atoms with E-state index in [0.717, 1.165) is 21.6 Å². The van der Waals surface area contributed by atoms with Crippen LogP contribution in [0.5, 0.6) is 0 Å². The molecule has 4 aromatic rings. The van der Waals surface area contributed by atoms with E-state index in [1.807, 2.05) is 24.3 Å². The van der Waals surface area contributed by atoms with Crippen LogP contribution in [0.25, 0.3) is 20.4 Å². The summed E-state index contributed by atoms with van der Waals surface area (Å²) in [5.74, 6) is -0.863. The number of hydrogen-bond acceptors (Lipinski definition) is 8. The van der Waals surface area contributed by atoms with Gasteiger partial charge in [0.2, 0.25) is 5.91 Å². The van der Waals surface area contributed by atoms with E-state index in [1.54, 1.807) is 27.7 Å². The van der Waals surface area contributed by atoms with Crippen LogP contribution in [0.2, 0.25) is 0 Å². The fraction of sp³-hybridized carbons (Fsp3) is 0.286. The largest absolute Gasteiger partial charge is 0.459 e. The minimum Gasteiger partial charge on any atom is -0.459 e. The zero-order valence-corrected chi connectivity index (χ0v) is 19.0. The fourth-order valence-corrected chi connectivity index (χ4v) is 5.03. The summed E-state index contributed by atoms with van der Waals surface area (Å²) in [6, 6.07) is 6.76. The first-order chi connectivity index (χ1) is 14.8. The molecule has 1 amide bonds. The third kappa shape index (κ3) is 3.96. The van der Waals surface area contributed by atoms with Crippen LogP contribution >= 0.6 is 22.7 Å². The number of para-hydroxylation sites is 1. The number of ether oxygens (including phenoxy) is 1. The highest BCUT2D eigenvalue weighted by Gasteiger charge is 2.24. The van der Waals surface area contributed by atoms with Crippen LogP contribution in [-0.4, -0.2) is 32.5 Å². The van der Waals surface area contributed by atoms with Gasteiger partial charge in [0.1, 0.15) is 15.7 Å². The van der Waals surface area contributed by atoms with Crippen molar-refractivity contribution in [3.8, 4) is 0 Å². The molecule has 0 aliphatic carbocycles. The molecule has 1 N–H and O–H groups in total. The molecule has 0 aliphatic heterocycles.